The van der Waals surface area contributed by atoms with Crippen LogP contribution < -0.4 is 5.32 Å². The van der Waals surface area contributed by atoms with E-state index in [4.69, 9.17) is 4.74 Å². The summed E-state index contributed by atoms with van der Waals surface area (Å²) in [5.74, 6) is 0.528. The summed E-state index contributed by atoms with van der Waals surface area (Å²) in [4.78, 5) is 15.3. The molecule has 176 valence electrons. The molecule has 3 saturated heterocycles. The van der Waals surface area contributed by atoms with Gasteiger partial charge >= 0.3 is 6.09 Å². The minimum Gasteiger partial charge on any atom is -0.445 e. The van der Waals surface area contributed by atoms with Crippen LogP contribution in [0, 0.1) is 11.3 Å². The molecule has 1 N–H and O–H groups in total. The number of hydrogen-bond acceptors (Lipinski definition) is 3. The minimum absolute atomic E-state index is 0.0217. The number of nitrogens with one attached hydrogen (secondary N) is 1. The maximum Gasteiger partial charge on any atom is 0.407 e. The number of alkyl carbamates (subject to hydrolysis) is 1. The number of fused-ring (bicyclic) bond motifs is 4. The van der Waals surface area contributed by atoms with Crippen molar-refractivity contribution in [3.63, 3.8) is 0 Å². The third-order valence-corrected chi connectivity index (χ3v) is 8.10. The number of amides is 1. The normalized spacial score (nSPS) is 27.2. The second kappa shape index (κ2) is 9.13. The maximum absolute atomic E-state index is 12.9. The molecule has 2 bridgehead atoms. The van der Waals surface area contributed by atoms with Gasteiger partial charge < -0.3 is 10.1 Å². The Bertz CT molecular complexity index is 989. The summed E-state index contributed by atoms with van der Waals surface area (Å²) in [6.07, 6.45) is 6.66. The smallest absolute Gasteiger partial charge is 0.407 e. The highest BCUT2D eigenvalue weighted by molar-refractivity contribution is 5.70. The van der Waals surface area contributed by atoms with Gasteiger partial charge in [-0.3, -0.25) is 4.90 Å². The molecule has 3 fully saturated rings. The summed E-state index contributed by atoms with van der Waals surface area (Å²) in [6.45, 7) is 9.92. The molecule has 0 unspecified atom stereocenters. The molecule has 1 amide bonds. The van der Waals surface area contributed by atoms with Crippen LogP contribution in [0.4, 0.5) is 4.79 Å². The predicted octanol–water partition coefficient (Wildman–Crippen LogP) is 6.14. The van der Waals surface area contributed by atoms with E-state index >= 15 is 0 Å². The van der Waals surface area contributed by atoms with Gasteiger partial charge in [0, 0.05) is 6.54 Å². The van der Waals surface area contributed by atoms with E-state index in [1.807, 2.05) is 0 Å². The van der Waals surface area contributed by atoms with E-state index in [1.54, 1.807) is 0 Å². The van der Waals surface area contributed by atoms with E-state index < -0.39 is 0 Å². The molecule has 3 heterocycles. The molecule has 2 aromatic rings. The Hall–Kier alpha value is -2.33. The van der Waals surface area contributed by atoms with E-state index in [-0.39, 0.29) is 23.7 Å². The number of nitrogens with zero attached hydrogens (tertiary/aromatic N) is 1. The van der Waals surface area contributed by atoms with Crippen LogP contribution in [-0.2, 0) is 17.6 Å². The van der Waals surface area contributed by atoms with E-state index in [1.165, 1.54) is 40.7 Å². The maximum atomic E-state index is 12.9. The van der Waals surface area contributed by atoms with Gasteiger partial charge in [0.2, 0.25) is 0 Å². The molecule has 4 nitrogen and oxygen atoms in total. The van der Waals surface area contributed by atoms with E-state index in [9.17, 15) is 4.79 Å². The molecule has 4 heteroatoms. The fourth-order valence-corrected chi connectivity index (χ4v) is 6.09. The van der Waals surface area contributed by atoms with Gasteiger partial charge in [0.1, 0.15) is 6.10 Å². The molecule has 0 aromatic heterocycles. The second-order valence-electron chi connectivity index (χ2n) is 11.0. The Morgan fingerprint density at radius 2 is 1.82 bits per heavy atom. The van der Waals surface area contributed by atoms with Gasteiger partial charge in [0.15, 0.2) is 0 Å². The van der Waals surface area contributed by atoms with Gasteiger partial charge in [0.25, 0.3) is 0 Å². The van der Waals surface area contributed by atoms with Crippen LogP contribution in [-0.4, -0.2) is 36.7 Å². The molecular weight excluding hydrogens is 408 g/mol. The van der Waals surface area contributed by atoms with E-state index in [0.29, 0.717) is 5.92 Å². The van der Waals surface area contributed by atoms with Crippen LogP contribution in [0.15, 0.2) is 42.5 Å². The van der Waals surface area contributed by atoms with Gasteiger partial charge in [-0.2, -0.15) is 0 Å². The third kappa shape index (κ3) is 4.68. The number of unbranched alkanes of at least 4 members (excludes halogenated alkanes) is 1. The zero-order chi connectivity index (χ0) is 23.0. The van der Waals surface area contributed by atoms with Gasteiger partial charge in [-0.15, -0.1) is 0 Å². The first kappa shape index (κ1) is 22.5. The first-order valence-corrected chi connectivity index (χ1v) is 12.8. The van der Waals surface area contributed by atoms with Crippen LogP contribution in [0.1, 0.15) is 69.2 Å². The first-order valence-electron chi connectivity index (χ1n) is 12.8. The highest BCUT2D eigenvalue weighted by atomic mass is 16.6. The van der Waals surface area contributed by atoms with Crippen LogP contribution in [0.2, 0.25) is 0 Å². The monoisotopic (exact) mass is 446 g/mol. The largest absolute Gasteiger partial charge is 0.445 e. The predicted molar refractivity (Wildman–Crippen MR) is 133 cm³/mol. The molecule has 6 rings (SSSR count). The Kier molecular flexibility index (Phi) is 6.22. The average Bonchev–Trinajstić information content (AvgIpc) is 3.07. The number of carbonyl (C=O) groups excluding carboxylic acids is 1. The molecule has 0 spiro atoms. The summed E-state index contributed by atoms with van der Waals surface area (Å²) >= 11 is 0. The first-order chi connectivity index (χ1) is 15.9. The van der Waals surface area contributed by atoms with Gasteiger partial charge in [-0.05, 0) is 84.3 Å². The van der Waals surface area contributed by atoms with Crippen molar-refractivity contribution in [2.45, 2.75) is 71.4 Å². The van der Waals surface area contributed by atoms with Crippen molar-refractivity contribution >= 4 is 6.09 Å². The summed E-state index contributed by atoms with van der Waals surface area (Å²) in [7, 11) is 0. The fraction of sp³-hybridized carbons (Fsp3) is 0.552. The highest BCUT2D eigenvalue weighted by Crippen LogP contribution is 2.46. The van der Waals surface area contributed by atoms with Crippen LogP contribution in [0.25, 0.3) is 11.1 Å². The fourth-order valence-electron chi connectivity index (χ4n) is 6.09. The van der Waals surface area contributed by atoms with Gasteiger partial charge in [-0.25, -0.2) is 4.79 Å². The zero-order valence-electron chi connectivity index (χ0n) is 20.4. The molecule has 3 aliphatic heterocycles. The Morgan fingerprint density at radius 1 is 1.09 bits per heavy atom. The zero-order valence-corrected chi connectivity index (χ0v) is 20.4. The van der Waals surface area contributed by atoms with E-state index in [0.717, 1.165) is 45.3 Å². The SMILES string of the molecule is CCCCc1ccc(-c2ccc3c(c2)CC(C)(C)[C@H]3NC(=O)O[C@H]2CN3CCC2CC3)cc1. The van der Waals surface area contributed by atoms with Crippen LogP contribution >= 0.6 is 0 Å². The Balaban J connectivity index is 1.28. The summed E-state index contributed by atoms with van der Waals surface area (Å²) in [5, 5.41) is 3.24. The quantitative estimate of drug-likeness (QED) is 0.579. The molecule has 0 radical (unpaired) electrons. The number of aryl methyl sites for hydroxylation is 1. The van der Waals surface area contributed by atoms with Gasteiger partial charge in [-0.1, -0.05) is 69.7 Å². The van der Waals surface area contributed by atoms with Crippen molar-refractivity contribution in [2.24, 2.45) is 11.3 Å². The molecule has 2 aromatic carbocycles. The lowest BCUT2D eigenvalue weighted by Gasteiger charge is -2.44. The number of ether oxygens (including phenoxy) is 1. The summed E-state index contributed by atoms with van der Waals surface area (Å²) < 4.78 is 5.94. The van der Waals surface area contributed by atoms with Gasteiger partial charge in [0.05, 0.1) is 6.04 Å². The molecular formula is C29H38N2O2. The van der Waals surface area contributed by atoms with Crippen LogP contribution in [0.3, 0.4) is 0 Å². The number of carbonyl (C=O) groups is 1. The molecule has 0 saturated carbocycles. The molecule has 4 aliphatic rings. The number of rotatable bonds is 6. The molecule has 1 aliphatic carbocycles. The lowest BCUT2D eigenvalue weighted by atomic mass is 9.85. The van der Waals surface area contributed by atoms with Crippen molar-refractivity contribution < 1.29 is 9.53 Å². The van der Waals surface area contributed by atoms with Crippen molar-refractivity contribution in [2.75, 3.05) is 19.6 Å². The van der Waals surface area contributed by atoms with E-state index in [2.05, 4.69) is 73.5 Å². The van der Waals surface area contributed by atoms with Crippen molar-refractivity contribution in [3.8, 4) is 11.1 Å². The van der Waals surface area contributed by atoms with Crippen molar-refractivity contribution in [3.05, 3.63) is 59.2 Å². The topological polar surface area (TPSA) is 41.6 Å². The summed E-state index contributed by atoms with van der Waals surface area (Å²) in [6, 6.07) is 15.7. The van der Waals surface area contributed by atoms with Crippen molar-refractivity contribution in [1.82, 2.24) is 10.2 Å². The lowest BCUT2D eigenvalue weighted by Crippen LogP contribution is -2.53. The van der Waals surface area contributed by atoms with Crippen LogP contribution in [0.5, 0.6) is 0 Å². The number of piperidine rings is 3. The molecule has 2 atom stereocenters. The number of benzene rings is 2. The highest BCUT2D eigenvalue weighted by Gasteiger charge is 2.42. The number of hydrogen-bond donors (Lipinski definition) is 1. The average molecular weight is 447 g/mol. The third-order valence-electron chi connectivity index (χ3n) is 8.10. The summed E-state index contributed by atoms with van der Waals surface area (Å²) in [5.41, 5.74) is 6.44. The second-order valence-corrected chi connectivity index (χ2v) is 11.0. The standard InChI is InChI=1S/C29H38N2O2/c1-4-5-6-20-7-9-21(10-8-20)23-11-12-25-24(17-23)18-29(2,3)27(25)30-28(32)33-26-19-31-15-13-22(26)14-16-31/h7-12,17,22,26-27H,4-6,13-16,18-19H2,1-3H3,(H,30,32)/t26-,27-/m0/s1. The Labute approximate surface area is 198 Å². The molecule has 33 heavy (non-hydrogen) atoms. The minimum atomic E-state index is -0.258. The van der Waals surface area contributed by atoms with Crippen molar-refractivity contribution in [1.29, 1.82) is 0 Å². The lowest BCUT2D eigenvalue weighted by molar-refractivity contribution is -0.0348. The Morgan fingerprint density at radius 3 is 2.48 bits per heavy atom.